The Morgan fingerprint density at radius 1 is 1.39 bits per heavy atom. The topological polar surface area (TPSA) is 78.3 Å². The normalized spacial score (nSPS) is 13.0. The fourth-order valence-electron chi connectivity index (χ4n) is 2.78. The highest BCUT2D eigenvalue weighted by Gasteiger charge is 2.33. The number of carbonyl (C=O) groups excluding carboxylic acids is 1. The summed E-state index contributed by atoms with van der Waals surface area (Å²) in [5.41, 5.74) is 0.768. The Hall–Kier alpha value is -2.10. The Labute approximate surface area is 167 Å². The van der Waals surface area contributed by atoms with Gasteiger partial charge in [0.15, 0.2) is 0 Å². The molecule has 0 saturated heterocycles. The summed E-state index contributed by atoms with van der Waals surface area (Å²) >= 11 is 6.03. The van der Waals surface area contributed by atoms with Crippen LogP contribution in [-0.4, -0.2) is 34.9 Å². The molecule has 28 heavy (non-hydrogen) atoms. The molecule has 1 amide bonds. The van der Waals surface area contributed by atoms with Gasteiger partial charge in [0.1, 0.15) is 5.69 Å². The maximum absolute atomic E-state index is 12.5. The van der Waals surface area contributed by atoms with E-state index in [2.05, 4.69) is 15.4 Å². The number of pyridine rings is 1. The molecule has 2 rings (SSSR count). The molecule has 0 aliphatic carbocycles. The van der Waals surface area contributed by atoms with Crippen LogP contribution in [0.5, 0.6) is 0 Å². The van der Waals surface area contributed by atoms with Crippen molar-refractivity contribution in [1.82, 2.24) is 14.8 Å². The molecule has 0 aliphatic heterocycles. The van der Waals surface area contributed by atoms with Crippen LogP contribution in [0.25, 0.3) is 0 Å². The summed E-state index contributed by atoms with van der Waals surface area (Å²) in [6.07, 6.45) is 5.42. The van der Waals surface area contributed by atoms with E-state index in [-0.39, 0.29) is 17.5 Å². The summed E-state index contributed by atoms with van der Waals surface area (Å²) in [4.78, 5) is 16.5. The van der Waals surface area contributed by atoms with Gasteiger partial charge in [0.2, 0.25) is 11.7 Å². The molecular formula is C18H23ClF2N4O3. The third-order valence-electron chi connectivity index (χ3n) is 4.43. The van der Waals surface area contributed by atoms with Gasteiger partial charge in [-0.25, -0.2) is 4.68 Å². The lowest BCUT2D eigenvalue weighted by molar-refractivity contribution is -0.223. The Morgan fingerprint density at radius 2 is 2.11 bits per heavy atom. The molecule has 0 unspecified atom stereocenters. The van der Waals surface area contributed by atoms with E-state index >= 15 is 0 Å². The molecule has 1 atom stereocenters. The number of methoxy groups -OCH3 is 2. The minimum absolute atomic E-state index is 0.225. The Morgan fingerprint density at radius 3 is 2.68 bits per heavy atom. The number of hydrogen-bond acceptors (Lipinski definition) is 5. The number of aromatic nitrogens is 3. The van der Waals surface area contributed by atoms with Gasteiger partial charge in [-0.05, 0) is 25.0 Å². The van der Waals surface area contributed by atoms with Crippen LogP contribution < -0.4 is 5.32 Å². The highest BCUT2D eigenvalue weighted by Crippen LogP contribution is 2.32. The highest BCUT2D eigenvalue weighted by atomic mass is 35.5. The predicted octanol–water partition coefficient (Wildman–Crippen LogP) is 4.22. The molecular weight excluding hydrogens is 394 g/mol. The van der Waals surface area contributed by atoms with Crippen LogP contribution in [-0.2, 0) is 20.1 Å². The van der Waals surface area contributed by atoms with Crippen LogP contribution in [0.4, 0.5) is 14.5 Å². The number of hydrogen-bond donors (Lipinski definition) is 1. The third kappa shape index (κ3) is 5.46. The van der Waals surface area contributed by atoms with Gasteiger partial charge in [0.05, 0.1) is 18.1 Å². The van der Waals surface area contributed by atoms with Gasteiger partial charge >= 0.3 is 6.55 Å². The van der Waals surface area contributed by atoms with E-state index in [0.717, 1.165) is 6.20 Å². The Kier molecular flexibility index (Phi) is 7.85. The largest absolute Gasteiger partial charge is 0.348 e. The van der Waals surface area contributed by atoms with Gasteiger partial charge in [-0.15, -0.1) is 0 Å². The lowest BCUT2D eigenvalue weighted by Gasteiger charge is -2.30. The molecule has 0 fully saturated rings. The van der Waals surface area contributed by atoms with Gasteiger partial charge in [0.25, 0.3) is 0 Å². The number of ether oxygens (including phenoxy) is 2. The van der Waals surface area contributed by atoms with E-state index in [1.165, 1.54) is 20.4 Å². The lowest BCUT2D eigenvalue weighted by atomic mass is 9.98. The fourth-order valence-corrected chi connectivity index (χ4v) is 2.94. The first kappa shape index (κ1) is 22.2. The van der Waals surface area contributed by atoms with Crippen molar-refractivity contribution in [2.45, 2.75) is 38.5 Å². The number of halogens is 3. The SMILES string of the molecule is COC(CCC[C@@H](C)C(=O)Nc1cnn(C(F)F)c1)(OC)c1cc(Cl)ccn1. The Balaban J connectivity index is 1.92. The number of anilines is 1. The monoisotopic (exact) mass is 416 g/mol. The number of rotatable bonds is 10. The number of carbonyl (C=O) groups is 1. The summed E-state index contributed by atoms with van der Waals surface area (Å²) in [5, 5.41) is 6.58. The smallest absolute Gasteiger partial charge is 0.333 e. The minimum Gasteiger partial charge on any atom is -0.348 e. The summed E-state index contributed by atoms with van der Waals surface area (Å²) in [7, 11) is 3.03. The number of nitrogens with one attached hydrogen (secondary N) is 1. The van der Waals surface area contributed by atoms with Crippen molar-refractivity contribution >= 4 is 23.2 Å². The van der Waals surface area contributed by atoms with Crippen LogP contribution in [0, 0.1) is 5.92 Å². The van der Waals surface area contributed by atoms with Crippen molar-refractivity contribution in [3.63, 3.8) is 0 Å². The standard InChI is InChI=1S/C18H23ClF2N4O3/c1-12(16(26)24-14-10-23-25(11-14)17(20)21)5-4-7-18(27-2,28-3)15-9-13(19)6-8-22-15/h6,8-12,17H,4-5,7H2,1-3H3,(H,24,26)/t12-/m1/s1. The number of alkyl halides is 2. The average molecular weight is 417 g/mol. The molecule has 7 nitrogen and oxygen atoms in total. The average Bonchev–Trinajstić information content (AvgIpc) is 3.14. The molecule has 0 aromatic carbocycles. The van der Waals surface area contributed by atoms with Crippen LogP contribution in [0.1, 0.15) is 38.4 Å². The minimum atomic E-state index is -2.75. The zero-order valence-corrected chi connectivity index (χ0v) is 16.6. The van der Waals surface area contributed by atoms with Crippen molar-refractivity contribution in [2.24, 2.45) is 5.92 Å². The van der Waals surface area contributed by atoms with Crippen LogP contribution >= 0.6 is 11.6 Å². The van der Waals surface area contributed by atoms with Gasteiger partial charge in [-0.2, -0.15) is 13.9 Å². The zero-order valence-electron chi connectivity index (χ0n) is 15.9. The van der Waals surface area contributed by atoms with E-state index in [1.807, 2.05) is 0 Å². The zero-order chi connectivity index (χ0) is 20.7. The fraction of sp³-hybridized carbons (Fsp3) is 0.500. The first-order valence-electron chi connectivity index (χ1n) is 8.67. The van der Waals surface area contributed by atoms with Gasteiger partial charge in [-0.3, -0.25) is 9.78 Å². The summed E-state index contributed by atoms with van der Waals surface area (Å²) in [6.45, 7) is -0.995. The first-order chi connectivity index (χ1) is 13.3. The molecule has 1 N–H and O–H groups in total. The summed E-state index contributed by atoms with van der Waals surface area (Å²) in [5.74, 6) is -1.71. The molecule has 0 bridgehead atoms. The molecule has 154 valence electrons. The first-order valence-corrected chi connectivity index (χ1v) is 9.04. The van der Waals surface area contributed by atoms with Crippen molar-refractivity contribution in [2.75, 3.05) is 19.5 Å². The van der Waals surface area contributed by atoms with E-state index in [4.69, 9.17) is 21.1 Å². The Bertz CT molecular complexity index is 784. The van der Waals surface area contributed by atoms with Gasteiger partial charge in [0, 0.05) is 37.8 Å². The quantitative estimate of drug-likeness (QED) is 0.587. The van der Waals surface area contributed by atoms with Crippen LogP contribution in [0.2, 0.25) is 5.02 Å². The number of nitrogens with zero attached hydrogens (tertiary/aromatic N) is 3. The summed E-state index contributed by atoms with van der Waals surface area (Å²) in [6, 6.07) is 3.33. The molecule has 2 aromatic heterocycles. The van der Waals surface area contributed by atoms with Gasteiger partial charge in [-0.1, -0.05) is 18.5 Å². The molecule has 2 aromatic rings. The maximum Gasteiger partial charge on any atom is 0.333 e. The third-order valence-corrected chi connectivity index (χ3v) is 4.67. The lowest BCUT2D eigenvalue weighted by Crippen LogP contribution is -2.32. The predicted molar refractivity (Wildman–Crippen MR) is 100 cm³/mol. The van der Waals surface area contributed by atoms with Crippen molar-refractivity contribution < 1.29 is 23.0 Å². The van der Waals surface area contributed by atoms with E-state index in [0.29, 0.717) is 34.7 Å². The van der Waals surface area contributed by atoms with Crippen molar-refractivity contribution in [3.05, 3.63) is 41.4 Å². The van der Waals surface area contributed by atoms with Crippen molar-refractivity contribution in [1.29, 1.82) is 0 Å². The van der Waals surface area contributed by atoms with E-state index in [1.54, 1.807) is 25.3 Å². The summed E-state index contributed by atoms with van der Waals surface area (Å²) < 4.78 is 36.7. The van der Waals surface area contributed by atoms with Gasteiger partial charge < -0.3 is 14.8 Å². The molecule has 0 radical (unpaired) electrons. The molecule has 0 saturated carbocycles. The second-order valence-electron chi connectivity index (χ2n) is 6.29. The highest BCUT2D eigenvalue weighted by molar-refractivity contribution is 6.30. The van der Waals surface area contributed by atoms with Crippen molar-refractivity contribution in [3.8, 4) is 0 Å². The second kappa shape index (κ2) is 9.90. The number of amides is 1. The van der Waals surface area contributed by atoms with E-state index < -0.39 is 12.3 Å². The molecule has 2 heterocycles. The molecule has 0 spiro atoms. The van der Waals surface area contributed by atoms with Crippen LogP contribution in [0.15, 0.2) is 30.7 Å². The molecule has 0 aliphatic rings. The molecule has 10 heteroatoms. The maximum atomic E-state index is 12.5. The second-order valence-corrected chi connectivity index (χ2v) is 6.73. The van der Waals surface area contributed by atoms with E-state index in [9.17, 15) is 13.6 Å². The van der Waals surface area contributed by atoms with Crippen LogP contribution in [0.3, 0.4) is 0 Å².